The van der Waals surface area contributed by atoms with Gasteiger partial charge in [-0.3, -0.25) is 0 Å². The van der Waals surface area contributed by atoms with Gasteiger partial charge in [0.1, 0.15) is 0 Å². The van der Waals surface area contributed by atoms with Crippen molar-refractivity contribution in [1.29, 1.82) is 0 Å². The molecule has 1 aromatic heterocycles. The number of thiophene rings is 1. The third-order valence-corrected chi connectivity index (χ3v) is 16.1. The van der Waals surface area contributed by atoms with Crippen molar-refractivity contribution in [3.05, 3.63) is 161 Å². The van der Waals surface area contributed by atoms with E-state index in [1.807, 2.05) is 11.3 Å². The van der Waals surface area contributed by atoms with Crippen LogP contribution in [0.1, 0.15) is 110 Å². The van der Waals surface area contributed by atoms with Gasteiger partial charge in [-0.15, -0.1) is 11.3 Å². The summed E-state index contributed by atoms with van der Waals surface area (Å²) in [5.74, 6) is 0. The molecular formula is C59H59BN2S. The van der Waals surface area contributed by atoms with Crippen molar-refractivity contribution in [3.63, 3.8) is 0 Å². The molecule has 7 aromatic carbocycles. The van der Waals surface area contributed by atoms with E-state index in [-0.39, 0.29) is 28.4 Å². The average molecular weight is 839 g/mol. The number of aryl methyl sites for hydroxylation is 1. The smallest absolute Gasteiger partial charge is 0.252 e. The van der Waals surface area contributed by atoms with Crippen LogP contribution in [0.15, 0.2) is 133 Å². The van der Waals surface area contributed by atoms with Crippen molar-refractivity contribution in [1.82, 2.24) is 0 Å². The van der Waals surface area contributed by atoms with Gasteiger partial charge < -0.3 is 9.80 Å². The van der Waals surface area contributed by atoms with E-state index in [1.54, 1.807) is 0 Å². The second-order valence-electron chi connectivity index (χ2n) is 22.1. The Morgan fingerprint density at radius 2 is 1.08 bits per heavy atom. The number of hydrogen-bond acceptors (Lipinski definition) is 3. The maximum absolute atomic E-state index is 2.68. The normalized spacial score (nSPS) is 16.2. The highest BCUT2D eigenvalue weighted by Crippen LogP contribution is 2.53. The van der Waals surface area contributed by atoms with Crippen LogP contribution in [0.2, 0.25) is 0 Å². The third-order valence-electron chi connectivity index (χ3n) is 14.9. The molecule has 4 heteroatoms. The molecule has 314 valence electrons. The van der Waals surface area contributed by atoms with Crippen molar-refractivity contribution < 1.29 is 0 Å². The van der Waals surface area contributed by atoms with E-state index in [2.05, 4.69) is 219 Å². The standard InChI is InChI=1S/C59H59BN2S/c1-36-29-38(56(2,3)4)25-26-47(36)61-50-34-44-43(58(8,9)27-28-59(44,10)11)33-45(50)60-46-35-54-42(41-22-16-18-24-53(41)63-54)32-49(46)62(52-31-39(57(5,6)7)30-51(61)55(52)60)48-23-17-15-21-40(48)37-19-13-12-14-20-37/h12-26,29-35H,27-28H2,1-11H3. The molecule has 11 rings (SSSR count). The maximum atomic E-state index is 2.68. The van der Waals surface area contributed by atoms with Gasteiger partial charge in [-0.1, -0.05) is 154 Å². The molecule has 0 fully saturated rings. The molecule has 8 aromatic rings. The summed E-state index contributed by atoms with van der Waals surface area (Å²) in [6.07, 6.45) is 2.35. The largest absolute Gasteiger partial charge is 0.311 e. The summed E-state index contributed by atoms with van der Waals surface area (Å²) < 4.78 is 2.68. The lowest BCUT2D eigenvalue weighted by Crippen LogP contribution is -2.62. The highest BCUT2D eigenvalue weighted by atomic mass is 32.1. The Bertz CT molecular complexity index is 3170. The van der Waals surface area contributed by atoms with E-state index >= 15 is 0 Å². The van der Waals surface area contributed by atoms with Crippen LogP contribution < -0.4 is 26.2 Å². The number of benzene rings is 7. The second-order valence-corrected chi connectivity index (χ2v) is 23.2. The van der Waals surface area contributed by atoms with Gasteiger partial charge >= 0.3 is 0 Å². The summed E-state index contributed by atoms with van der Waals surface area (Å²) in [7, 11) is 0. The predicted molar refractivity (Wildman–Crippen MR) is 276 cm³/mol. The number of anilines is 6. The van der Waals surface area contributed by atoms with E-state index in [0.29, 0.717) is 0 Å². The van der Waals surface area contributed by atoms with Gasteiger partial charge in [0.25, 0.3) is 6.71 Å². The molecular weight excluding hydrogens is 780 g/mol. The van der Waals surface area contributed by atoms with Crippen molar-refractivity contribution >= 4 is 88.7 Å². The Balaban J connectivity index is 1.32. The predicted octanol–water partition coefficient (Wildman–Crippen LogP) is 15.1. The molecule has 0 saturated heterocycles. The molecule has 3 heterocycles. The fourth-order valence-corrected chi connectivity index (χ4v) is 12.3. The van der Waals surface area contributed by atoms with Crippen LogP contribution in [0.3, 0.4) is 0 Å². The second kappa shape index (κ2) is 13.7. The first kappa shape index (κ1) is 40.2. The first-order valence-electron chi connectivity index (χ1n) is 23.1. The lowest BCUT2D eigenvalue weighted by Gasteiger charge is -2.48. The Labute approximate surface area is 379 Å². The quantitative estimate of drug-likeness (QED) is 0.164. The van der Waals surface area contributed by atoms with E-state index in [4.69, 9.17) is 0 Å². The zero-order chi connectivity index (χ0) is 44.0. The molecule has 0 radical (unpaired) electrons. The van der Waals surface area contributed by atoms with Crippen LogP contribution in [0, 0.1) is 6.92 Å². The van der Waals surface area contributed by atoms with E-state index in [9.17, 15) is 0 Å². The van der Waals surface area contributed by atoms with Gasteiger partial charge in [-0.2, -0.15) is 0 Å². The highest BCUT2D eigenvalue weighted by Gasteiger charge is 2.47. The van der Waals surface area contributed by atoms with Gasteiger partial charge in [-0.25, -0.2) is 0 Å². The fraction of sp³-hybridized carbons (Fsp3) is 0.288. The Morgan fingerprint density at radius 1 is 0.492 bits per heavy atom. The van der Waals surface area contributed by atoms with Crippen LogP contribution in [0.5, 0.6) is 0 Å². The summed E-state index contributed by atoms with van der Waals surface area (Å²) in [5, 5.41) is 2.65. The maximum Gasteiger partial charge on any atom is 0.252 e. The van der Waals surface area contributed by atoms with Gasteiger partial charge in [0.2, 0.25) is 0 Å². The van der Waals surface area contributed by atoms with Crippen LogP contribution in [-0.4, -0.2) is 6.71 Å². The lowest BCUT2D eigenvalue weighted by molar-refractivity contribution is 0.332. The van der Waals surface area contributed by atoms with Crippen LogP contribution in [-0.2, 0) is 21.7 Å². The number of nitrogens with zero attached hydrogens (tertiary/aromatic N) is 2. The minimum atomic E-state index is -0.113. The molecule has 0 saturated carbocycles. The van der Waals surface area contributed by atoms with Crippen LogP contribution >= 0.6 is 11.3 Å². The van der Waals surface area contributed by atoms with Crippen molar-refractivity contribution in [2.75, 3.05) is 9.80 Å². The van der Waals surface area contributed by atoms with Crippen molar-refractivity contribution in [2.45, 2.75) is 111 Å². The first-order valence-corrected chi connectivity index (χ1v) is 23.9. The van der Waals surface area contributed by atoms with Gasteiger partial charge in [0, 0.05) is 54.2 Å². The SMILES string of the molecule is Cc1cc(C(C)(C)C)ccc1N1c2cc3c(cc2B2c4cc5sc6ccccc6c5cc4N(c4ccccc4-c4ccccc4)c4cc(C(C)(C)C)cc1c42)C(C)(C)CCC3(C)C. The molecule has 0 atom stereocenters. The van der Waals surface area contributed by atoms with E-state index in [1.165, 1.54) is 122 Å². The summed E-state index contributed by atoms with van der Waals surface area (Å²) in [4.78, 5) is 5.34. The summed E-state index contributed by atoms with van der Waals surface area (Å²) in [6, 6.07) is 51.9. The molecule has 63 heavy (non-hydrogen) atoms. The molecule has 0 unspecified atom stereocenters. The molecule has 0 spiro atoms. The molecule has 1 aliphatic carbocycles. The number of rotatable bonds is 3. The number of fused-ring (bicyclic) bond motifs is 8. The topological polar surface area (TPSA) is 6.48 Å². The Hall–Kier alpha value is -5.58. The molecule has 0 amide bonds. The molecule has 0 bridgehead atoms. The van der Waals surface area contributed by atoms with Gasteiger partial charge in [0.05, 0.1) is 5.69 Å². The first-order chi connectivity index (χ1) is 29.9. The van der Waals surface area contributed by atoms with E-state index < -0.39 is 0 Å². The highest BCUT2D eigenvalue weighted by molar-refractivity contribution is 7.26. The lowest BCUT2D eigenvalue weighted by atomic mass is 9.33. The molecule has 2 aliphatic heterocycles. The van der Waals surface area contributed by atoms with Crippen molar-refractivity contribution in [3.8, 4) is 11.1 Å². The monoisotopic (exact) mass is 838 g/mol. The molecule has 3 aliphatic rings. The number of hydrogen-bond donors (Lipinski definition) is 0. The van der Waals surface area contributed by atoms with E-state index in [0.717, 1.165) is 0 Å². The zero-order valence-corrected chi connectivity index (χ0v) is 39.8. The van der Waals surface area contributed by atoms with Gasteiger partial charge in [0.15, 0.2) is 0 Å². The Morgan fingerprint density at radius 3 is 1.76 bits per heavy atom. The minimum absolute atomic E-state index is 0.0281. The average Bonchev–Trinajstić information content (AvgIpc) is 3.61. The zero-order valence-electron chi connectivity index (χ0n) is 39.0. The molecule has 2 nitrogen and oxygen atoms in total. The third kappa shape index (κ3) is 6.18. The summed E-state index contributed by atoms with van der Waals surface area (Å²) in [5.41, 5.74) is 21.3. The fourth-order valence-electron chi connectivity index (χ4n) is 11.1. The van der Waals surface area contributed by atoms with Crippen molar-refractivity contribution in [2.24, 2.45) is 0 Å². The van der Waals surface area contributed by atoms with Gasteiger partial charge in [-0.05, 0) is 140 Å². The van der Waals surface area contributed by atoms with Crippen LogP contribution in [0.25, 0.3) is 31.3 Å². The Kier molecular flexibility index (Phi) is 8.75. The summed E-state index contributed by atoms with van der Waals surface area (Å²) >= 11 is 1.93. The molecule has 0 N–H and O–H groups in total. The minimum Gasteiger partial charge on any atom is -0.311 e. The van der Waals surface area contributed by atoms with Crippen LogP contribution in [0.4, 0.5) is 34.1 Å². The number of para-hydroxylation sites is 1. The summed E-state index contributed by atoms with van der Waals surface area (Å²) in [6.45, 7) is 26.4.